The number of sulfone groups is 1. The normalized spacial score (nSPS) is 20.7. The summed E-state index contributed by atoms with van der Waals surface area (Å²) < 4.78 is 40.9. The minimum absolute atomic E-state index is 0.0702. The molecule has 1 aromatic heterocycles. The largest absolute Gasteiger partial charge is 0.357 e. The topological polar surface area (TPSA) is 79.6 Å². The third-order valence-corrected chi connectivity index (χ3v) is 6.98. The Kier molecular flexibility index (Phi) is 6.89. The van der Waals surface area contributed by atoms with E-state index in [-0.39, 0.29) is 23.2 Å². The molecule has 7 nitrogen and oxygen atoms in total. The van der Waals surface area contributed by atoms with Gasteiger partial charge in [-0.15, -0.1) is 0 Å². The van der Waals surface area contributed by atoms with E-state index in [1.807, 2.05) is 19.4 Å². The van der Waals surface area contributed by atoms with Crippen molar-refractivity contribution in [1.29, 1.82) is 0 Å². The van der Waals surface area contributed by atoms with E-state index >= 15 is 0 Å². The predicted octanol–water partition coefficient (Wildman–Crippen LogP) is 2.34. The quantitative estimate of drug-likeness (QED) is 0.572. The van der Waals surface area contributed by atoms with Crippen LogP contribution in [0, 0.1) is 11.7 Å². The Hall–Kier alpha value is -2.42. The number of aliphatic imine (C=N–C) groups is 1. The molecule has 1 saturated heterocycles. The van der Waals surface area contributed by atoms with Gasteiger partial charge in [0.2, 0.25) is 0 Å². The smallest absolute Gasteiger partial charge is 0.194 e. The van der Waals surface area contributed by atoms with Crippen LogP contribution in [-0.2, 0) is 9.84 Å². The van der Waals surface area contributed by atoms with Gasteiger partial charge in [0.05, 0.1) is 24.7 Å². The van der Waals surface area contributed by atoms with Crippen molar-refractivity contribution in [3.63, 3.8) is 0 Å². The fraction of sp³-hybridized carbons (Fsp3) is 0.500. The second-order valence-corrected chi connectivity index (χ2v) is 9.35. The summed E-state index contributed by atoms with van der Waals surface area (Å²) >= 11 is 0. The van der Waals surface area contributed by atoms with Gasteiger partial charge < -0.3 is 14.8 Å². The van der Waals surface area contributed by atoms with E-state index in [4.69, 9.17) is 0 Å². The van der Waals surface area contributed by atoms with E-state index in [2.05, 4.69) is 31.7 Å². The number of nitrogens with one attached hydrogen (secondary N) is 1. The van der Waals surface area contributed by atoms with Gasteiger partial charge in [0.25, 0.3) is 0 Å². The van der Waals surface area contributed by atoms with Crippen LogP contribution in [0.2, 0.25) is 0 Å². The lowest BCUT2D eigenvalue weighted by Crippen LogP contribution is -2.49. The van der Waals surface area contributed by atoms with Crippen LogP contribution in [0.25, 0.3) is 0 Å². The summed E-state index contributed by atoms with van der Waals surface area (Å²) in [5, 5.41) is 3.25. The highest BCUT2D eigenvalue weighted by atomic mass is 32.2. The van der Waals surface area contributed by atoms with Crippen molar-refractivity contribution in [1.82, 2.24) is 19.8 Å². The zero-order chi connectivity index (χ0) is 20.9. The summed E-state index contributed by atoms with van der Waals surface area (Å²) in [5.41, 5.74) is 0. The van der Waals surface area contributed by atoms with Crippen LogP contribution >= 0.6 is 0 Å². The molecule has 0 aliphatic carbocycles. The first kappa shape index (κ1) is 21.3. The summed E-state index contributed by atoms with van der Waals surface area (Å²) in [6.45, 7) is 6.57. The van der Waals surface area contributed by atoms with Gasteiger partial charge in [0, 0.05) is 32.0 Å². The molecule has 158 valence electrons. The minimum Gasteiger partial charge on any atom is -0.357 e. The van der Waals surface area contributed by atoms with E-state index < -0.39 is 15.7 Å². The summed E-state index contributed by atoms with van der Waals surface area (Å²) in [5.74, 6) is 0.229. The molecule has 2 heterocycles. The molecule has 0 bridgehead atoms. The molecule has 1 fully saturated rings. The van der Waals surface area contributed by atoms with E-state index in [1.165, 1.54) is 18.2 Å². The highest BCUT2D eigenvalue weighted by molar-refractivity contribution is 7.91. The van der Waals surface area contributed by atoms with E-state index in [0.717, 1.165) is 25.6 Å². The van der Waals surface area contributed by atoms with Gasteiger partial charge in [0.15, 0.2) is 15.8 Å². The second-order valence-electron chi connectivity index (χ2n) is 7.27. The molecule has 2 unspecified atom stereocenters. The highest BCUT2D eigenvalue weighted by Crippen LogP contribution is 2.27. The third kappa shape index (κ3) is 5.14. The molecule has 2 aromatic rings. The molecule has 1 aromatic carbocycles. The van der Waals surface area contributed by atoms with Crippen molar-refractivity contribution in [2.24, 2.45) is 10.9 Å². The Morgan fingerprint density at radius 3 is 2.86 bits per heavy atom. The van der Waals surface area contributed by atoms with Crippen molar-refractivity contribution in [2.75, 3.05) is 31.9 Å². The van der Waals surface area contributed by atoms with Gasteiger partial charge in [-0.25, -0.2) is 17.8 Å². The molecule has 0 radical (unpaired) electrons. The Morgan fingerprint density at radius 2 is 2.17 bits per heavy atom. The first-order valence-electron chi connectivity index (χ1n) is 9.90. The van der Waals surface area contributed by atoms with Gasteiger partial charge >= 0.3 is 0 Å². The Bertz CT molecular complexity index is 930. The zero-order valence-corrected chi connectivity index (χ0v) is 17.6. The lowest BCUT2D eigenvalue weighted by Gasteiger charge is -2.39. The van der Waals surface area contributed by atoms with Crippen molar-refractivity contribution in [3.05, 3.63) is 48.8 Å². The number of hydrogen-bond donors (Lipinski definition) is 1. The van der Waals surface area contributed by atoms with Crippen LogP contribution in [0.4, 0.5) is 4.39 Å². The maximum Gasteiger partial charge on any atom is 0.194 e. The predicted molar refractivity (Wildman–Crippen MR) is 111 cm³/mol. The van der Waals surface area contributed by atoms with Gasteiger partial charge in [-0.2, -0.15) is 0 Å². The average Bonchev–Trinajstić information content (AvgIpc) is 3.22. The molecule has 1 N–H and O–H groups in total. The number of piperidine rings is 1. The molecule has 1 aliphatic heterocycles. The number of hydrogen-bond acceptors (Lipinski definition) is 4. The molecule has 0 spiro atoms. The lowest BCUT2D eigenvalue weighted by atomic mass is 9.93. The monoisotopic (exact) mass is 421 g/mol. The first-order chi connectivity index (χ1) is 13.9. The van der Waals surface area contributed by atoms with E-state index in [9.17, 15) is 12.8 Å². The van der Waals surface area contributed by atoms with Gasteiger partial charge in [-0.05, 0) is 31.4 Å². The van der Waals surface area contributed by atoms with E-state index in [0.29, 0.717) is 18.4 Å². The van der Waals surface area contributed by atoms with Crippen LogP contribution in [0.15, 0.2) is 52.9 Å². The number of benzene rings is 1. The van der Waals surface area contributed by atoms with Gasteiger partial charge in [-0.1, -0.05) is 19.1 Å². The van der Waals surface area contributed by atoms with Crippen LogP contribution in [0.1, 0.15) is 26.3 Å². The second kappa shape index (κ2) is 9.39. The van der Waals surface area contributed by atoms with Crippen LogP contribution in [-0.4, -0.2) is 60.8 Å². The molecule has 0 amide bonds. The zero-order valence-electron chi connectivity index (χ0n) is 16.8. The molecule has 1 aliphatic rings. The number of halogens is 1. The maximum absolute atomic E-state index is 13.9. The summed E-state index contributed by atoms with van der Waals surface area (Å²) in [6.07, 6.45) is 6.57. The Labute approximate surface area is 171 Å². The number of aromatic nitrogens is 2. The van der Waals surface area contributed by atoms with Crippen molar-refractivity contribution < 1.29 is 12.8 Å². The maximum atomic E-state index is 13.9. The fourth-order valence-electron chi connectivity index (χ4n) is 3.60. The molecule has 3 rings (SSSR count). The summed E-state index contributed by atoms with van der Waals surface area (Å²) in [7, 11) is -3.73. The lowest BCUT2D eigenvalue weighted by molar-refractivity contribution is 0.189. The number of guanidine groups is 1. The van der Waals surface area contributed by atoms with Gasteiger partial charge in [-0.3, -0.25) is 4.99 Å². The first-order valence-corrected chi connectivity index (χ1v) is 11.6. The molecule has 2 atom stereocenters. The SMILES string of the molecule is CCNC(=NCCS(=O)(=O)c1ccccc1F)N1CCC(C)C(n2ccnc2)C1. The van der Waals surface area contributed by atoms with Crippen LogP contribution in [0.3, 0.4) is 0 Å². The summed E-state index contributed by atoms with van der Waals surface area (Å²) in [4.78, 5) is 10.6. The molecular weight excluding hydrogens is 393 g/mol. The van der Waals surface area contributed by atoms with Gasteiger partial charge in [0.1, 0.15) is 10.7 Å². The highest BCUT2D eigenvalue weighted by Gasteiger charge is 2.29. The van der Waals surface area contributed by atoms with Crippen LogP contribution < -0.4 is 5.32 Å². The molecular formula is C20H28FN5O2S. The number of rotatable bonds is 6. The molecule has 9 heteroatoms. The Balaban J connectivity index is 1.70. The summed E-state index contributed by atoms with van der Waals surface area (Å²) in [6, 6.07) is 5.72. The molecule has 0 saturated carbocycles. The van der Waals surface area contributed by atoms with Crippen molar-refractivity contribution in [3.8, 4) is 0 Å². The number of nitrogens with zero attached hydrogens (tertiary/aromatic N) is 4. The third-order valence-electron chi connectivity index (χ3n) is 5.25. The standard InChI is InChI=1S/C20H28FN5O2S/c1-3-23-20(24-10-13-29(27,28)19-7-5-4-6-17(19)21)25-11-8-16(2)18(14-25)26-12-9-22-15-26/h4-7,9,12,15-16,18H,3,8,10-11,13-14H2,1-2H3,(H,23,24). The average molecular weight is 422 g/mol. The van der Waals surface area contributed by atoms with E-state index in [1.54, 1.807) is 6.20 Å². The van der Waals surface area contributed by atoms with Crippen molar-refractivity contribution >= 4 is 15.8 Å². The number of imidazole rings is 1. The number of likely N-dealkylation sites (tertiary alicyclic amines) is 1. The molecule has 29 heavy (non-hydrogen) atoms. The van der Waals surface area contributed by atoms with Crippen LogP contribution in [0.5, 0.6) is 0 Å². The minimum atomic E-state index is -3.73. The fourth-order valence-corrected chi connectivity index (χ4v) is 4.80. The van der Waals surface area contributed by atoms with Crippen molar-refractivity contribution in [2.45, 2.75) is 31.2 Å². The Morgan fingerprint density at radius 1 is 1.38 bits per heavy atom.